The van der Waals surface area contributed by atoms with Crippen LogP contribution in [0.5, 0.6) is 0 Å². The number of ketones is 1. The number of aliphatic hydroxyl groups excluding tert-OH is 1. The second kappa shape index (κ2) is 9.52. The van der Waals surface area contributed by atoms with Crippen LogP contribution in [-0.4, -0.2) is 44.0 Å². The number of anilines is 1. The van der Waals surface area contributed by atoms with Crippen LogP contribution in [0.3, 0.4) is 0 Å². The summed E-state index contributed by atoms with van der Waals surface area (Å²) in [5.74, 6) is 0.916. The van der Waals surface area contributed by atoms with Crippen molar-refractivity contribution in [1.29, 1.82) is 0 Å². The first kappa shape index (κ1) is 22.5. The standard InChI is InChI=1S/C25H27N5O3S/c1-15-16(12-24(33)27-15)11-17-14-26-30-23(28-18-6-7-18)13-19(29-25(17)30)21-8-9-22(34-21)20(32)5-3-2-4-10-31/h8-9,11,13-14,18,28,31H,1-7,10,12H2,(H,27,33)/b16-11+. The van der Waals surface area contributed by atoms with Gasteiger partial charge in [0.05, 0.1) is 28.1 Å². The molecule has 3 aromatic rings. The van der Waals surface area contributed by atoms with Crippen molar-refractivity contribution in [2.45, 2.75) is 51.0 Å². The number of Topliss-reactive ketones (excluding diaryl/α,β-unsaturated/α-hetero) is 1. The van der Waals surface area contributed by atoms with E-state index >= 15 is 0 Å². The molecule has 9 heteroatoms. The smallest absolute Gasteiger partial charge is 0.228 e. The first-order valence-corrected chi connectivity index (χ1v) is 12.4. The topological polar surface area (TPSA) is 109 Å². The molecule has 1 saturated heterocycles. The molecule has 1 aliphatic heterocycles. The molecule has 1 amide bonds. The summed E-state index contributed by atoms with van der Waals surface area (Å²) in [4.78, 5) is 30.9. The number of aliphatic hydroxyl groups is 1. The molecule has 8 nitrogen and oxygen atoms in total. The third kappa shape index (κ3) is 4.80. The number of thiophene rings is 1. The Hall–Kier alpha value is -3.30. The van der Waals surface area contributed by atoms with Crippen LogP contribution in [0, 0.1) is 0 Å². The maximum absolute atomic E-state index is 12.6. The van der Waals surface area contributed by atoms with E-state index < -0.39 is 0 Å². The summed E-state index contributed by atoms with van der Waals surface area (Å²) in [6.45, 7) is 4.09. The number of nitrogens with one attached hydrogen (secondary N) is 2. The van der Waals surface area contributed by atoms with Gasteiger partial charge in [-0.3, -0.25) is 9.59 Å². The van der Waals surface area contributed by atoms with E-state index in [0.717, 1.165) is 64.5 Å². The first-order chi connectivity index (χ1) is 16.5. The van der Waals surface area contributed by atoms with E-state index in [2.05, 4.69) is 22.3 Å². The van der Waals surface area contributed by atoms with Crippen LogP contribution < -0.4 is 10.6 Å². The van der Waals surface area contributed by atoms with E-state index in [4.69, 9.17) is 10.1 Å². The molecule has 0 spiro atoms. The van der Waals surface area contributed by atoms with Crippen molar-refractivity contribution in [1.82, 2.24) is 19.9 Å². The Balaban J connectivity index is 1.47. The number of carbonyl (C=O) groups is 2. The highest BCUT2D eigenvalue weighted by molar-refractivity contribution is 7.17. The average Bonchev–Trinajstić information content (AvgIpc) is 3.19. The lowest BCUT2D eigenvalue weighted by Gasteiger charge is -2.09. The van der Waals surface area contributed by atoms with Gasteiger partial charge in [0.25, 0.3) is 0 Å². The Morgan fingerprint density at radius 1 is 1.32 bits per heavy atom. The molecule has 4 heterocycles. The van der Waals surface area contributed by atoms with Crippen molar-refractivity contribution >= 4 is 40.6 Å². The zero-order valence-electron chi connectivity index (χ0n) is 18.8. The highest BCUT2D eigenvalue weighted by atomic mass is 32.1. The lowest BCUT2D eigenvalue weighted by Crippen LogP contribution is -2.10. The number of allylic oxidation sites excluding steroid dienone is 1. The molecule has 3 N–H and O–H groups in total. The van der Waals surface area contributed by atoms with Crippen LogP contribution in [-0.2, 0) is 4.79 Å². The molecule has 176 valence electrons. The van der Waals surface area contributed by atoms with Gasteiger partial charge in [0.1, 0.15) is 5.82 Å². The van der Waals surface area contributed by atoms with Crippen LogP contribution in [0.2, 0.25) is 0 Å². The number of unbranched alkanes of at least 4 members (excludes halogenated alkanes) is 2. The number of fused-ring (bicyclic) bond motifs is 1. The maximum Gasteiger partial charge on any atom is 0.228 e. The highest BCUT2D eigenvalue weighted by Gasteiger charge is 2.24. The van der Waals surface area contributed by atoms with Crippen molar-refractivity contribution in [2.75, 3.05) is 11.9 Å². The van der Waals surface area contributed by atoms with Crippen molar-refractivity contribution in [3.05, 3.63) is 52.7 Å². The number of amides is 1. The SMILES string of the molecule is C=C1NC(=O)C/C1=C\c1cnn2c(NC3CC3)cc(-c3ccc(C(=O)CCCCCO)s3)nc12. The molecule has 0 atom stereocenters. The Bertz CT molecular complexity index is 1300. The van der Waals surface area contributed by atoms with Gasteiger partial charge in [-0.1, -0.05) is 13.0 Å². The Morgan fingerprint density at radius 2 is 2.18 bits per heavy atom. The number of hydrogen-bond donors (Lipinski definition) is 3. The van der Waals surface area contributed by atoms with Gasteiger partial charge in [-0.15, -0.1) is 11.3 Å². The van der Waals surface area contributed by atoms with E-state index in [1.807, 2.05) is 24.3 Å². The summed E-state index contributed by atoms with van der Waals surface area (Å²) in [6.07, 6.45) is 9.04. The van der Waals surface area contributed by atoms with Gasteiger partial charge in [0.15, 0.2) is 11.4 Å². The molecular weight excluding hydrogens is 450 g/mol. The molecule has 0 radical (unpaired) electrons. The third-order valence-electron chi connectivity index (χ3n) is 5.98. The molecule has 5 rings (SSSR count). The number of aromatic nitrogens is 3. The molecule has 2 fully saturated rings. The highest BCUT2D eigenvalue weighted by Crippen LogP contribution is 2.33. The fraction of sp³-hybridized carbons (Fsp3) is 0.360. The van der Waals surface area contributed by atoms with Crippen molar-refractivity contribution in [3.8, 4) is 10.6 Å². The van der Waals surface area contributed by atoms with E-state index in [1.54, 1.807) is 10.7 Å². The molecule has 0 unspecified atom stereocenters. The van der Waals surface area contributed by atoms with Crippen molar-refractivity contribution < 1.29 is 14.7 Å². The lowest BCUT2D eigenvalue weighted by molar-refractivity contribution is -0.118. The number of rotatable bonds is 10. The zero-order chi connectivity index (χ0) is 23.7. The van der Waals surface area contributed by atoms with Gasteiger partial charge in [-0.05, 0) is 49.5 Å². The van der Waals surface area contributed by atoms with Gasteiger partial charge < -0.3 is 15.7 Å². The normalized spacial score (nSPS) is 17.0. The van der Waals surface area contributed by atoms with Gasteiger partial charge in [-0.2, -0.15) is 9.61 Å². The summed E-state index contributed by atoms with van der Waals surface area (Å²) < 4.78 is 1.79. The fourth-order valence-corrected chi connectivity index (χ4v) is 4.90. The number of hydrogen-bond acceptors (Lipinski definition) is 7. The quantitative estimate of drug-likeness (QED) is 0.299. The predicted octanol–water partition coefficient (Wildman–Crippen LogP) is 4.18. The molecule has 0 bridgehead atoms. The summed E-state index contributed by atoms with van der Waals surface area (Å²) in [5.41, 5.74) is 3.71. The summed E-state index contributed by atoms with van der Waals surface area (Å²) >= 11 is 1.45. The molecule has 2 aliphatic rings. The van der Waals surface area contributed by atoms with Gasteiger partial charge in [0, 0.05) is 36.4 Å². The van der Waals surface area contributed by atoms with Gasteiger partial charge in [-0.25, -0.2) is 4.98 Å². The molecule has 0 aromatic carbocycles. The lowest BCUT2D eigenvalue weighted by atomic mass is 10.1. The second-order valence-electron chi connectivity index (χ2n) is 8.77. The molecule has 1 aliphatic carbocycles. The molecule has 34 heavy (non-hydrogen) atoms. The van der Waals surface area contributed by atoms with E-state index in [0.29, 0.717) is 23.8 Å². The summed E-state index contributed by atoms with van der Waals surface area (Å²) in [6, 6.07) is 6.23. The Kier molecular flexibility index (Phi) is 6.30. The molecule has 3 aromatic heterocycles. The Labute approximate surface area is 201 Å². The zero-order valence-corrected chi connectivity index (χ0v) is 19.7. The Morgan fingerprint density at radius 3 is 2.91 bits per heavy atom. The molecular formula is C25H27N5O3S. The minimum Gasteiger partial charge on any atom is -0.396 e. The van der Waals surface area contributed by atoms with E-state index in [9.17, 15) is 9.59 Å². The summed E-state index contributed by atoms with van der Waals surface area (Å²) in [5, 5.41) is 19.7. The number of carbonyl (C=O) groups excluding carboxylic acids is 2. The van der Waals surface area contributed by atoms with Crippen LogP contribution in [0.25, 0.3) is 22.3 Å². The van der Waals surface area contributed by atoms with Gasteiger partial charge in [0.2, 0.25) is 5.91 Å². The monoisotopic (exact) mass is 477 g/mol. The van der Waals surface area contributed by atoms with Crippen LogP contribution in [0.4, 0.5) is 5.82 Å². The van der Waals surface area contributed by atoms with Crippen LogP contribution in [0.1, 0.15) is 60.2 Å². The first-order valence-electron chi connectivity index (χ1n) is 11.6. The predicted molar refractivity (Wildman–Crippen MR) is 133 cm³/mol. The largest absolute Gasteiger partial charge is 0.396 e. The van der Waals surface area contributed by atoms with Crippen LogP contribution in [0.15, 0.2) is 42.2 Å². The third-order valence-corrected chi connectivity index (χ3v) is 7.13. The number of nitrogens with zero attached hydrogens (tertiary/aromatic N) is 3. The minimum absolute atomic E-state index is 0.0652. The summed E-state index contributed by atoms with van der Waals surface area (Å²) in [7, 11) is 0. The fourth-order valence-electron chi connectivity index (χ4n) is 3.97. The second-order valence-corrected chi connectivity index (χ2v) is 9.86. The van der Waals surface area contributed by atoms with E-state index in [-0.39, 0.29) is 24.7 Å². The van der Waals surface area contributed by atoms with Crippen molar-refractivity contribution in [2.24, 2.45) is 0 Å². The van der Waals surface area contributed by atoms with Crippen molar-refractivity contribution in [3.63, 3.8) is 0 Å². The van der Waals surface area contributed by atoms with Gasteiger partial charge >= 0.3 is 0 Å². The molecule has 1 saturated carbocycles. The minimum atomic E-state index is -0.0652. The van der Waals surface area contributed by atoms with Crippen LogP contribution >= 0.6 is 11.3 Å². The van der Waals surface area contributed by atoms with E-state index in [1.165, 1.54) is 11.3 Å². The average molecular weight is 478 g/mol. The maximum atomic E-state index is 12.6.